The summed E-state index contributed by atoms with van der Waals surface area (Å²) in [5, 5.41) is 4.29. The molecule has 0 unspecified atom stereocenters. The van der Waals surface area contributed by atoms with Gasteiger partial charge in [-0.1, -0.05) is 42.1 Å². The molecule has 0 amide bonds. The van der Waals surface area contributed by atoms with Gasteiger partial charge in [0.25, 0.3) is 5.56 Å². The van der Waals surface area contributed by atoms with Crippen molar-refractivity contribution in [1.29, 1.82) is 0 Å². The van der Waals surface area contributed by atoms with Crippen LogP contribution in [0.25, 0.3) is 10.9 Å². The van der Waals surface area contributed by atoms with Gasteiger partial charge < -0.3 is 11.1 Å². The molecule has 0 aliphatic heterocycles. The molecular formula is C22H21N7OS. The largest absolute Gasteiger partial charge is 0.368 e. The lowest BCUT2D eigenvalue weighted by Crippen LogP contribution is -2.22. The minimum Gasteiger partial charge on any atom is -0.368 e. The van der Waals surface area contributed by atoms with Gasteiger partial charge in [0.05, 0.1) is 16.2 Å². The Balaban J connectivity index is 1.48. The SMILES string of the molecule is C[C@H](Sc1nc2ccccc2c(=O)n1C1CC1)c1nc(N)nc(Nc2ccccc2)n1. The topological polar surface area (TPSA) is 112 Å². The molecule has 1 atom stereocenters. The molecule has 9 heteroatoms. The van der Waals surface area contributed by atoms with E-state index >= 15 is 0 Å². The number of para-hydroxylation sites is 2. The van der Waals surface area contributed by atoms with Crippen molar-refractivity contribution >= 4 is 40.2 Å². The number of thioether (sulfide) groups is 1. The van der Waals surface area contributed by atoms with Crippen LogP contribution in [0.1, 0.15) is 36.9 Å². The van der Waals surface area contributed by atoms with E-state index in [4.69, 9.17) is 10.7 Å². The lowest BCUT2D eigenvalue weighted by Gasteiger charge is -2.16. The normalized spacial score (nSPS) is 14.5. The number of aromatic nitrogens is 5. The summed E-state index contributed by atoms with van der Waals surface area (Å²) < 4.78 is 1.82. The smallest absolute Gasteiger partial charge is 0.262 e. The Hall–Kier alpha value is -3.46. The molecule has 1 saturated carbocycles. The second-order valence-corrected chi connectivity index (χ2v) is 8.75. The zero-order valence-electron chi connectivity index (χ0n) is 16.9. The van der Waals surface area contributed by atoms with Gasteiger partial charge in [0.2, 0.25) is 11.9 Å². The molecule has 5 rings (SSSR count). The zero-order chi connectivity index (χ0) is 21.4. The minimum atomic E-state index is -0.181. The van der Waals surface area contributed by atoms with Gasteiger partial charge in [0.15, 0.2) is 5.16 Å². The van der Waals surface area contributed by atoms with Crippen LogP contribution in [-0.4, -0.2) is 24.5 Å². The zero-order valence-corrected chi connectivity index (χ0v) is 17.7. The number of hydrogen-bond acceptors (Lipinski definition) is 8. The van der Waals surface area contributed by atoms with Crippen molar-refractivity contribution in [2.45, 2.75) is 36.2 Å². The summed E-state index contributed by atoms with van der Waals surface area (Å²) in [7, 11) is 0. The highest BCUT2D eigenvalue weighted by molar-refractivity contribution is 7.99. The standard InChI is InChI=1S/C22H21N7OS/c1-13(18-26-20(23)28-21(27-18)24-14-7-3-2-4-8-14)31-22-25-17-10-6-5-9-16(17)19(30)29(22)15-11-12-15/h2-10,13,15H,11-12H2,1H3,(H3,23,24,26,27,28)/t13-/m0/s1. The molecule has 0 saturated heterocycles. The van der Waals surface area contributed by atoms with Crippen LogP contribution < -0.4 is 16.6 Å². The summed E-state index contributed by atoms with van der Waals surface area (Å²) in [6.45, 7) is 1.98. The predicted molar refractivity (Wildman–Crippen MR) is 123 cm³/mol. The number of nitrogen functional groups attached to an aromatic ring is 1. The third-order valence-corrected chi connectivity index (χ3v) is 6.10. The van der Waals surface area contributed by atoms with Gasteiger partial charge >= 0.3 is 0 Å². The first-order valence-corrected chi connectivity index (χ1v) is 11.0. The molecule has 0 radical (unpaired) electrons. The molecule has 0 spiro atoms. The number of rotatable bonds is 6. The number of hydrogen-bond donors (Lipinski definition) is 2. The highest BCUT2D eigenvalue weighted by Gasteiger charge is 2.29. The Morgan fingerprint density at radius 2 is 1.77 bits per heavy atom. The number of nitrogens with two attached hydrogens (primary N) is 1. The quantitative estimate of drug-likeness (QED) is 0.347. The van der Waals surface area contributed by atoms with Gasteiger partial charge in [-0.25, -0.2) is 4.98 Å². The van der Waals surface area contributed by atoms with Crippen LogP contribution in [0.3, 0.4) is 0 Å². The number of anilines is 3. The molecule has 1 aliphatic rings. The first-order chi connectivity index (χ1) is 15.1. The lowest BCUT2D eigenvalue weighted by molar-refractivity contribution is 0.616. The second-order valence-electron chi connectivity index (χ2n) is 7.44. The minimum absolute atomic E-state index is 0.00407. The number of fused-ring (bicyclic) bond motifs is 1. The van der Waals surface area contributed by atoms with E-state index < -0.39 is 0 Å². The van der Waals surface area contributed by atoms with E-state index in [0.717, 1.165) is 18.5 Å². The van der Waals surface area contributed by atoms with Crippen molar-refractivity contribution in [2.75, 3.05) is 11.1 Å². The van der Waals surface area contributed by atoms with Crippen molar-refractivity contribution in [3.05, 3.63) is 70.8 Å². The van der Waals surface area contributed by atoms with E-state index in [1.165, 1.54) is 11.8 Å². The summed E-state index contributed by atoms with van der Waals surface area (Å²) in [6, 6.07) is 17.3. The predicted octanol–water partition coefficient (Wildman–Crippen LogP) is 4.10. The van der Waals surface area contributed by atoms with Gasteiger partial charge in [-0.2, -0.15) is 15.0 Å². The molecule has 8 nitrogen and oxygen atoms in total. The van der Waals surface area contributed by atoms with Crippen LogP contribution in [0.4, 0.5) is 17.6 Å². The van der Waals surface area contributed by atoms with Gasteiger partial charge in [-0.15, -0.1) is 0 Å². The Morgan fingerprint density at radius 1 is 1.03 bits per heavy atom. The molecule has 1 fully saturated rings. The molecule has 1 aliphatic carbocycles. The van der Waals surface area contributed by atoms with Gasteiger partial charge in [0.1, 0.15) is 5.82 Å². The summed E-state index contributed by atoms with van der Waals surface area (Å²) in [6.07, 6.45) is 1.98. The molecule has 2 aromatic carbocycles. The fraction of sp³-hybridized carbons (Fsp3) is 0.227. The van der Waals surface area contributed by atoms with Crippen LogP contribution in [0.5, 0.6) is 0 Å². The fourth-order valence-corrected chi connectivity index (χ4v) is 4.40. The van der Waals surface area contributed by atoms with E-state index in [2.05, 4.69) is 20.3 Å². The summed E-state index contributed by atoms with van der Waals surface area (Å²) >= 11 is 1.46. The van der Waals surface area contributed by atoms with E-state index in [1.54, 1.807) is 0 Å². The second kappa shape index (κ2) is 7.99. The Labute approximate surface area is 183 Å². The average Bonchev–Trinajstić information content (AvgIpc) is 3.59. The maximum Gasteiger partial charge on any atom is 0.262 e. The van der Waals surface area contributed by atoms with E-state index in [1.807, 2.05) is 66.1 Å². The highest BCUT2D eigenvalue weighted by atomic mass is 32.2. The number of benzene rings is 2. The van der Waals surface area contributed by atoms with Crippen LogP contribution >= 0.6 is 11.8 Å². The maximum absolute atomic E-state index is 13.1. The molecule has 2 aromatic heterocycles. The first-order valence-electron chi connectivity index (χ1n) is 10.1. The van der Waals surface area contributed by atoms with Crippen LogP contribution in [0.2, 0.25) is 0 Å². The van der Waals surface area contributed by atoms with E-state index in [-0.39, 0.29) is 22.8 Å². The van der Waals surface area contributed by atoms with Gasteiger partial charge in [-0.3, -0.25) is 9.36 Å². The number of nitrogens with zero attached hydrogens (tertiary/aromatic N) is 5. The monoisotopic (exact) mass is 431 g/mol. The summed E-state index contributed by atoms with van der Waals surface area (Å²) in [4.78, 5) is 31.0. The third-order valence-electron chi connectivity index (χ3n) is 5.03. The van der Waals surface area contributed by atoms with E-state index in [9.17, 15) is 4.79 Å². The Morgan fingerprint density at radius 3 is 2.55 bits per heavy atom. The molecule has 2 heterocycles. The molecule has 156 valence electrons. The van der Waals surface area contributed by atoms with Gasteiger partial charge in [0, 0.05) is 11.7 Å². The highest BCUT2D eigenvalue weighted by Crippen LogP contribution is 2.40. The Bertz CT molecular complexity index is 1300. The van der Waals surface area contributed by atoms with Crippen molar-refractivity contribution in [3.63, 3.8) is 0 Å². The van der Waals surface area contributed by atoms with Crippen molar-refractivity contribution in [1.82, 2.24) is 24.5 Å². The van der Waals surface area contributed by atoms with Crippen LogP contribution in [0, 0.1) is 0 Å². The third kappa shape index (κ3) is 4.09. The molecule has 31 heavy (non-hydrogen) atoms. The summed E-state index contributed by atoms with van der Waals surface area (Å²) in [5.74, 6) is 1.05. The van der Waals surface area contributed by atoms with Crippen molar-refractivity contribution < 1.29 is 0 Å². The van der Waals surface area contributed by atoms with Crippen LogP contribution in [-0.2, 0) is 0 Å². The van der Waals surface area contributed by atoms with Crippen LogP contribution in [0.15, 0.2) is 64.5 Å². The lowest BCUT2D eigenvalue weighted by atomic mass is 10.2. The fourth-order valence-electron chi connectivity index (χ4n) is 3.37. The van der Waals surface area contributed by atoms with E-state index in [0.29, 0.717) is 27.8 Å². The van der Waals surface area contributed by atoms with Crippen molar-refractivity contribution in [3.8, 4) is 0 Å². The van der Waals surface area contributed by atoms with Gasteiger partial charge in [-0.05, 0) is 44.0 Å². The molecule has 4 aromatic rings. The maximum atomic E-state index is 13.1. The Kier molecular flexibility index (Phi) is 5.03. The molecule has 0 bridgehead atoms. The molecular weight excluding hydrogens is 410 g/mol. The summed E-state index contributed by atoms with van der Waals surface area (Å²) in [5.41, 5.74) is 7.51. The average molecular weight is 432 g/mol. The first kappa shape index (κ1) is 19.5. The molecule has 3 N–H and O–H groups in total. The van der Waals surface area contributed by atoms with Crippen molar-refractivity contribution in [2.24, 2.45) is 0 Å². The number of nitrogens with one attached hydrogen (secondary N) is 1.